The fourth-order valence-corrected chi connectivity index (χ4v) is 1.10. The van der Waals surface area contributed by atoms with Crippen molar-refractivity contribution in [3.05, 3.63) is 0 Å². The molecule has 0 aromatic rings. The van der Waals surface area contributed by atoms with Gasteiger partial charge in [0.15, 0.2) is 5.96 Å². The summed E-state index contributed by atoms with van der Waals surface area (Å²) < 4.78 is 15.4. The maximum Gasteiger partial charge on any atom is 0.330 e. The third-order valence-electron chi connectivity index (χ3n) is 1.72. The van der Waals surface area contributed by atoms with E-state index in [1.165, 1.54) is 0 Å². The maximum atomic E-state index is 11.2. The lowest BCUT2D eigenvalue weighted by Crippen LogP contribution is -2.44. The lowest BCUT2D eigenvalue weighted by Gasteiger charge is -2.32. The number of aliphatic imine (C=N–C) groups is 1. The van der Waals surface area contributed by atoms with Gasteiger partial charge in [0.05, 0.1) is 13.2 Å². The molecule has 1 unspecified atom stereocenters. The van der Waals surface area contributed by atoms with Crippen LogP contribution in [0, 0.1) is 0 Å². The molecular weight excluding hydrogens is 202 g/mol. The number of carbonyl (C=O) groups is 1. The van der Waals surface area contributed by atoms with Crippen molar-refractivity contribution in [2.75, 3.05) is 26.4 Å². The van der Waals surface area contributed by atoms with Crippen LogP contribution in [0.15, 0.2) is 4.99 Å². The minimum atomic E-state index is -1.03. The zero-order chi connectivity index (χ0) is 11.3. The van der Waals surface area contributed by atoms with Gasteiger partial charge >= 0.3 is 5.97 Å². The van der Waals surface area contributed by atoms with Crippen molar-refractivity contribution >= 4 is 11.9 Å². The van der Waals surface area contributed by atoms with Crippen molar-refractivity contribution in [1.29, 1.82) is 0 Å². The van der Waals surface area contributed by atoms with E-state index < -0.39 is 11.8 Å². The molecule has 1 saturated heterocycles. The highest BCUT2D eigenvalue weighted by Crippen LogP contribution is 2.16. The van der Waals surface area contributed by atoms with Gasteiger partial charge in [-0.1, -0.05) is 0 Å². The first kappa shape index (κ1) is 11.7. The third kappa shape index (κ3) is 4.13. The molecule has 1 aliphatic rings. The van der Waals surface area contributed by atoms with Crippen LogP contribution in [0.5, 0.6) is 0 Å². The van der Waals surface area contributed by atoms with E-state index in [0.29, 0.717) is 13.2 Å². The average Bonchev–Trinajstić information content (AvgIpc) is 2.15. The highest BCUT2D eigenvalue weighted by Gasteiger charge is 2.32. The Morgan fingerprint density at radius 3 is 2.80 bits per heavy atom. The number of ether oxygens (including phenoxy) is 3. The van der Waals surface area contributed by atoms with Crippen molar-refractivity contribution in [3.8, 4) is 0 Å². The number of hydrogen-bond donors (Lipinski definition) is 2. The number of guanidine groups is 1. The van der Waals surface area contributed by atoms with E-state index in [2.05, 4.69) is 4.99 Å². The molecular formula is C8H15N3O4. The smallest absolute Gasteiger partial charge is 0.330 e. The van der Waals surface area contributed by atoms with Gasteiger partial charge < -0.3 is 25.7 Å². The average molecular weight is 217 g/mol. The topological polar surface area (TPSA) is 109 Å². The van der Waals surface area contributed by atoms with Crippen molar-refractivity contribution in [3.63, 3.8) is 0 Å². The summed E-state index contributed by atoms with van der Waals surface area (Å²) in [5.74, 6) is -1.75. The van der Waals surface area contributed by atoms with Crippen LogP contribution >= 0.6 is 0 Å². The summed E-state index contributed by atoms with van der Waals surface area (Å²) in [5, 5.41) is 0. The van der Waals surface area contributed by atoms with Gasteiger partial charge in [-0.2, -0.15) is 0 Å². The van der Waals surface area contributed by atoms with Gasteiger partial charge in [-0.15, -0.1) is 0 Å². The van der Waals surface area contributed by atoms with E-state index in [9.17, 15) is 4.79 Å². The second-order valence-corrected chi connectivity index (χ2v) is 3.25. The molecule has 1 rings (SSSR count). The maximum absolute atomic E-state index is 11.2. The minimum Gasteiger partial charge on any atom is -0.429 e. The number of nitrogens with zero attached hydrogens (tertiary/aromatic N) is 1. The molecule has 15 heavy (non-hydrogen) atoms. The number of esters is 1. The van der Waals surface area contributed by atoms with Crippen molar-refractivity contribution in [2.24, 2.45) is 16.5 Å². The van der Waals surface area contributed by atoms with Crippen LogP contribution < -0.4 is 11.5 Å². The van der Waals surface area contributed by atoms with E-state index in [0.717, 1.165) is 0 Å². The molecule has 0 radical (unpaired) electrons. The molecule has 86 valence electrons. The SMILES string of the molecule is CC1(OC(=O)CN=C(N)N)COCCO1. The lowest BCUT2D eigenvalue weighted by atomic mass is 10.3. The number of nitrogens with two attached hydrogens (primary N) is 2. The van der Waals surface area contributed by atoms with E-state index >= 15 is 0 Å². The molecule has 1 fully saturated rings. The molecule has 7 heteroatoms. The monoisotopic (exact) mass is 217 g/mol. The Hall–Kier alpha value is -1.34. The Bertz CT molecular complexity index is 257. The largest absolute Gasteiger partial charge is 0.429 e. The van der Waals surface area contributed by atoms with Crippen molar-refractivity contribution < 1.29 is 19.0 Å². The van der Waals surface area contributed by atoms with Gasteiger partial charge in [0.1, 0.15) is 13.2 Å². The Labute approximate surface area is 87.4 Å². The second-order valence-electron chi connectivity index (χ2n) is 3.25. The molecule has 7 nitrogen and oxygen atoms in total. The Balaban J connectivity index is 2.39. The van der Waals surface area contributed by atoms with Gasteiger partial charge in [-0.05, 0) is 0 Å². The summed E-state index contributed by atoms with van der Waals surface area (Å²) >= 11 is 0. The predicted octanol–water partition coefficient (Wildman–Crippen LogP) is -1.43. The van der Waals surface area contributed by atoms with Gasteiger partial charge in [-0.25, -0.2) is 9.79 Å². The summed E-state index contributed by atoms with van der Waals surface area (Å²) in [6.07, 6.45) is 0. The van der Waals surface area contributed by atoms with Gasteiger partial charge in [0.25, 0.3) is 0 Å². The Kier molecular flexibility index (Phi) is 3.87. The minimum absolute atomic E-state index is 0.155. The first-order valence-electron chi connectivity index (χ1n) is 4.51. The number of carbonyl (C=O) groups excluding carboxylic acids is 1. The molecule has 4 N–H and O–H groups in total. The van der Waals surface area contributed by atoms with Gasteiger partial charge in [0, 0.05) is 6.92 Å². The third-order valence-corrected chi connectivity index (χ3v) is 1.72. The lowest BCUT2D eigenvalue weighted by molar-refractivity contribution is -0.270. The first-order chi connectivity index (χ1) is 7.02. The Morgan fingerprint density at radius 2 is 2.27 bits per heavy atom. The number of hydrogen-bond acceptors (Lipinski definition) is 5. The number of rotatable bonds is 3. The van der Waals surface area contributed by atoms with E-state index in [1.54, 1.807) is 6.92 Å². The van der Waals surface area contributed by atoms with Crippen LogP contribution in [0.1, 0.15) is 6.92 Å². The molecule has 0 aromatic heterocycles. The van der Waals surface area contributed by atoms with Crippen LogP contribution in [0.2, 0.25) is 0 Å². The fourth-order valence-electron chi connectivity index (χ4n) is 1.10. The molecule has 0 aromatic carbocycles. The molecule has 1 heterocycles. The highest BCUT2D eigenvalue weighted by atomic mass is 16.7. The summed E-state index contributed by atoms with van der Waals surface area (Å²) in [6, 6.07) is 0. The highest BCUT2D eigenvalue weighted by molar-refractivity contribution is 5.80. The molecule has 0 saturated carbocycles. The van der Waals surface area contributed by atoms with Crippen LogP contribution in [0.25, 0.3) is 0 Å². The molecule has 0 bridgehead atoms. The van der Waals surface area contributed by atoms with E-state index in [4.69, 9.17) is 25.7 Å². The quantitative estimate of drug-likeness (QED) is 0.340. The standard InChI is InChI=1S/C8H15N3O4/c1-8(5-13-2-3-14-8)15-6(12)4-11-7(9)10/h2-5H2,1H3,(H4,9,10,11). The molecule has 1 aliphatic heterocycles. The molecule has 0 aliphatic carbocycles. The van der Waals surface area contributed by atoms with Crippen molar-refractivity contribution in [2.45, 2.75) is 12.7 Å². The van der Waals surface area contributed by atoms with Gasteiger partial charge in [0.2, 0.25) is 5.79 Å². The zero-order valence-corrected chi connectivity index (χ0v) is 8.56. The summed E-state index contributed by atoms with van der Waals surface area (Å²) in [4.78, 5) is 14.8. The Morgan fingerprint density at radius 1 is 1.53 bits per heavy atom. The molecule has 0 spiro atoms. The van der Waals surface area contributed by atoms with Crippen LogP contribution in [-0.2, 0) is 19.0 Å². The van der Waals surface area contributed by atoms with Crippen LogP contribution in [-0.4, -0.2) is 44.1 Å². The normalized spacial score (nSPS) is 25.7. The van der Waals surface area contributed by atoms with E-state index in [-0.39, 0.29) is 19.1 Å². The predicted molar refractivity (Wildman–Crippen MR) is 51.9 cm³/mol. The fraction of sp³-hybridized carbons (Fsp3) is 0.750. The van der Waals surface area contributed by atoms with Crippen molar-refractivity contribution in [1.82, 2.24) is 0 Å². The van der Waals surface area contributed by atoms with Crippen LogP contribution in [0.3, 0.4) is 0 Å². The van der Waals surface area contributed by atoms with Crippen LogP contribution in [0.4, 0.5) is 0 Å². The van der Waals surface area contributed by atoms with E-state index in [1.807, 2.05) is 0 Å². The van der Waals surface area contributed by atoms with Gasteiger partial charge in [-0.3, -0.25) is 0 Å². The summed E-state index contributed by atoms with van der Waals surface area (Å²) in [5.41, 5.74) is 10.1. The summed E-state index contributed by atoms with van der Waals surface area (Å²) in [6.45, 7) is 2.51. The summed E-state index contributed by atoms with van der Waals surface area (Å²) in [7, 11) is 0. The molecule has 0 amide bonds. The second kappa shape index (κ2) is 4.94. The molecule has 1 atom stereocenters. The first-order valence-corrected chi connectivity index (χ1v) is 4.51. The zero-order valence-electron chi connectivity index (χ0n) is 8.56.